The zero-order valence-corrected chi connectivity index (χ0v) is 22.4. The van der Waals surface area contributed by atoms with Crippen LogP contribution in [0.1, 0.15) is 31.2 Å². The number of rotatable bonds is 8. The molecule has 1 aromatic heterocycles. The minimum Gasteiger partial charge on any atom is -0.404 e. The van der Waals surface area contributed by atoms with Crippen LogP contribution in [-0.2, 0) is 16.1 Å². The number of aromatic nitrogens is 1. The minimum absolute atomic E-state index is 0.0000965. The van der Waals surface area contributed by atoms with Crippen molar-refractivity contribution in [1.82, 2.24) is 24.6 Å². The molecular formula is C27H39N9O2. The Bertz CT molecular complexity index is 1130. The summed E-state index contributed by atoms with van der Waals surface area (Å²) in [5.74, 6) is 1.59. The number of amidine groups is 1. The van der Waals surface area contributed by atoms with Crippen molar-refractivity contribution in [2.45, 2.75) is 38.3 Å². The third-order valence-corrected chi connectivity index (χ3v) is 7.18. The second-order valence-electron chi connectivity index (χ2n) is 10.1. The smallest absolute Gasteiger partial charge is 0.270 e. The van der Waals surface area contributed by atoms with Gasteiger partial charge in [0.05, 0.1) is 6.54 Å². The lowest BCUT2D eigenvalue weighted by Crippen LogP contribution is -2.49. The van der Waals surface area contributed by atoms with Crippen LogP contribution in [0.3, 0.4) is 0 Å². The van der Waals surface area contributed by atoms with Gasteiger partial charge in [-0.05, 0) is 30.5 Å². The first-order valence-electron chi connectivity index (χ1n) is 13.1. The van der Waals surface area contributed by atoms with Gasteiger partial charge in [-0.25, -0.2) is 9.98 Å². The SMILES string of the molecule is C=C(/N=C1\C(=C/N)C=C(C(=O)N(C)C)N1C1CCCC1)Nc1ccc(CN2CCN(C(=O)CN)CC2)cn1. The zero-order chi connectivity index (χ0) is 27.2. The number of hydrogen-bond donors (Lipinski definition) is 3. The van der Waals surface area contributed by atoms with Crippen LogP contribution < -0.4 is 16.8 Å². The van der Waals surface area contributed by atoms with E-state index >= 15 is 0 Å². The van der Waals surface area contributed by atoms with E-state index in [0.29, 0.717) is 41.8 Å². The molecule has 1 aromatic rings. The topological polar surface area (TPSA) is 136 Å². The van der Waals surface area contributed by atoms with Gasteiger partial charge in [-0.3, -0.25) is 14.5 Å². The first-order valence-corrected chi connectivity index (χ1v) is 13.1. The highest BCUT2D eigenvalue weighted by atomic mass is 16.2. The standard InChI is InChI=1S/C27H39N9O2/c1-19(31-24-9-8-20(17-30-24)18-34-10-12-35(13-11-34)25(37)16-29)32-26-21(15-28)14-23(27(38)33(2)3)36(26)22-6-4-5-7-22/h8-9,14-15,17,22H,1,4-7,10-13,16,18,28-29H2,2-3H3,(H,30,31)/b21-15-,32-26+. The molecule has 0 spiro atoms. The highest BCUT2D eigenvalue weighted by Gasteiger charge is 2.37. The number of carbonyl (C=O) groups is 2. The number of hydrogen-bond acceptors (Lipinski definition) is 8. The summed E-state index contributed by atoms with van der Waals surface area (Å²) >= 11 is 0. The van der Waals surface area contributed by atoms with Crippen LogP contribution in [0.25, 0.3) is 0 Å². The molecule has 0 unspecified atom stereocenters. The molecule has 4 rings (SSSR count). The number of carbonyl (C=O) groups excluding carboxylic acids is 2. The number of pyridine rings is 1. The van der Waals surface area contributed by atoms with E-state index in [0.717, 1.165) is 50.9 Å². The molecule has 2 fully saturated rings. The normalized spacial score (nSPS) is 20.8. The molecule has 1 aliphatic carbocycles. The fourth-order valence-electron chi connectivity index (χ4n) is 5.14. The average molecular weight is 522 g/mol. The Balaban J connectivity index is 1.41. The number of piperazine rings is 1. The van der Waals surface area contributed by atoms with Crippen molar-refractivity contribution in [2.75, 3.05) is 52.1 Å². The summed E-state index contributed by atoms with van der Waals surface area (Å²) in [5.41, 5.74) is 13.8. The van der Waals surface area contributed by atoms with Gasteiger partial charge in [-0.15, -0.1) is 0 Å². The summed E-state index contributed by atoms with van der Waals surface area (Å²) in [6.07, 6.45) is 9.37. The van der Waals surface area contributed by atoms with Gasteiger partial charge < -0.3 is 31.5 Å². The monoisotopic (exact) mass is 521 g/mol. The van der Waals surface area contributed by atoms with Gasteiger partial charge in [0.2, 0.25) is 5.91 Å². The predicted octanol–water partition coefficient (Wildman–Crippen LogP) is 1.04. The fraction of sp³-hybridized carbons (Fsp3) is 0.481. The molecule has 1 saturated heterocycles. The highest BCUT2D eigenvalue weighted by molar-refractivity contribution is 6.12. The van der Waals surface area contributed by atoms with E-state index in [-0.39, 0.29) is 24.4 Å². The first kappa shape index (κ1) is 27.3. The Labute approximate surface area is 224 Å². The van der Waals surface area contributed by atoms with Crippen LogP contribution in [-0.4, -0.2) is 95.1 Å². The maximum absolute atomic E-state index is 12.9. The molecule has 11 heteroatoms. The summed E-state index contributed by atoms with van der Waals surface area (Å²) in [4.78, 5) is 41.7. The predicted molar refractivity (Wildman–Crippen MR) is 148 cm³/mol. The molecule has 11 nitrogen and oxygen atoms in total. The van der Waals surface area contributed by atoms with Crippen molar-refractivity contribution in [2.24, 2.45) is 16.5 Å². The van der Waals surface area contributed by atoms with Crippen molar-refractivity contribution in [3.05, 3.63) is 59.8 Å². The molecule has 3 heterocycles. The summed E-state index contributed by atoms with van der Waals surface area (Å²) in [6, 6.07) is 4.12. The first-order chi connectivity index (χ1) is 18.3. The van der Waals surface area contributed by atoms with Gasteiger partial charge in [0.1, 0.15) is 23.2 Å². The van der Waals surface area contributed by atoms with Crippen LogP contribution in [0.4, 0.5) is 5.82 Å². The van der Waals surface area contributed by atoms with E-state index in [1.54, 1.807) is 19.0 Å². The summed E-state index contributed by atoms with van der Waals surface area (Å²) in [7, 11) is 3.49. The fourth-order valence-corrected chi connectivity index (χ4v) is 5.14. The Hall–Kier alpha value is -3.70. The molecule has 0 atom stereocenters. The molecule has 38 heavy (non-hydrogen) atoms. The number of nitrogens with two attached hydrogens (primary N) is 2. The molecule has 2 aliphatic heterocycles. The summed E-state index contributed by atoms with van der Waals surface area (Å²) < 4.78 is 0. The Morgan fingerprint density at radius 3 is 2.50 bits per heavy atom. The number of likely N-dealkylation sites (N-methyl/N-ethyl adjacent to an activating group) is 1. The molecule has 2 amide bonds. The van der Waals surface area contributed by atoms with Gasteiger partial charge in [0.15, 0.2) is 0 Å². The Morgan fingerprint density at radius 1 is 1.21 bits per heavy atom. The van der Waals surface area contributed by atoms with Crippen molar-refractivity contribution in [1.29, 1.82) is 0 Å². The molecule has 0 bridgehead atoms. The lowest BCUT2D eigenvalue weighted by atomic mass is 10.2. The van der Waals surface area contributed by atoms with Crippen LogP contribution in [0.2, 0.25) is 0 Å². The number of anilines is 1. The molecule has 5 N–H and O–H groups in total. The van der Waals surface area contributed by atoms with Gasteiger partial charge in [0, 0.05) is 70.8 Å². The molecular weight excluding hydrogens is 482 g/mol. The van der Waals surface area contributed by atoms with Crippen LogP contribution >= 0.6 is 0 Å². The number of nitrogens with zero attached hydrogens (tertiary/aromatic N) is 6. The Morgan fingerprint density at radius 2 is 1.92 bits per heavy atom. The van der Waals surface area contributed by atoms with E-state index < -0.39 is 0 Å². The summed E-state index contributed by atoms with van der Waals surface area (Å²) in [5, 5.41) is 3.17. The lowest BCUT2D eigenvalue weighted by molar-refractivity contribution is -0.131. The van der Waals surface area contributed by atoms with Crippen molar-refractivity contribution < 1.29 is 9.59 Å². The van der Waals surface area contributed by atoms with E-state index in [1.165, 1.54) is 6.20 Å². The van der Waals surface area contributed by atoms with Crippen LogP contribution in [0, 0.1) is 0 Å². The van der Waals surface area contributed by atoms with Gasteiger partial charge in [-0.1, -0.05) is 25.5 Å². The zero-order valence-electron chi connectivity index (χ0n) is 22.4. The van der Waals surface area contributed by atoms with Crippen molar-refractivity contribution in [3.63, 3.8) is 0 Å². The highest BCUT2D eigenvalue weighted by Crippen LogP contribution is 2.34. The van der Waals surface area contributed by atoms with Gasteiger partial charge >= 0.3 is 0 Å². The molecule has 0 radical (unpaired) electrons. The van der Waals surface area contributed by atoms with Gasteiger partial charge in [-0.2, -0.15) is 0 Å². The molecule has 204 valence electrons. The third-order valence-electron chi connectivity index (χ3n) is 7.18. The molecule has 3 aliphatic rings. The Kier molecular flexibility index (Phi) is 8.80. The minimum atomic E-state index is -0.0790. The average Bonchev–Trinajstić information content (AvgIpc) is 3.57. The van der Waals surface area contributed by atoms with E-state index in [2.05, 4.69) is 21.8 Å². The van der Waals surface area contributed by atoms with Crippen LogP contribution in [0.5, 0.6) is 0 Å². The summed E-state index contributed by atoms with van der Waals surface area (Å²) in [6.45, 7) is 7.91. The van der Waals surface area contributed by atoms with E-state index in [1.807, 2.05) is 34.2 Å². The molecule has 0 aromatic carbocycles. The second-order valence-corrected chi connectivity index (χ2v) is 10.1. The van der Waals surface area contributed by atoms with Crippen molar-refractivity contribution in [3.8, 4) is 0 Å². The molecule has 1 saturated carbocycles. The van der Waals surface area contributed by atoms with Crippen LogP contribution in [0.15, 0.2) is 59.3 Å². The number of nitrogens with one attached hydrogen (secondary N) is 1. The third kappa shape index (κ3) is 6.22. The quantitative estimate of drug-likeness (QED) is 0.462. The van der Waals surface area contributed by atoms with Gasteiger partial charge in [0.25, 0.3) is 5.91 Å². The number of aliphatic imine (C=N–C) groups is 1. The van der Waals surface area contributed by atoms with Crippen molar-refractivity contribution >= 4 is 23.5 Å². The maximum Gasteiger partial charge on any atom is 0.270 e. The largest absolute Gasteiger partial charge is 0.404 e. The lowest BCUT2D eigenvalue weighted by Gasteiger charge is -2.34. The van der Waals surface area contributed by atoms with E-state index in [9.17, 15) is 9.59 Å². The maximum atomic E-state index is 12.9. The number of amides is 2. The second kappa shape index (κ2) is 12.2. The van der Waals surface area contributed by atoms with E-state index in [4.69, 9.17) is 16.5 Å².